The Morgan fingerprint density at radius 3 is 2.89 bits per heavy atom. The summed E-state index contributed by atoms with van der Waals surface area (Å²) in [5.74, 6) is 0.602. The highest BCUT2D eigenvalue weighted by molar-refractivity contribution is 6.30. The highest BCUT2D eigenvalue weighted by Gasteiger charge is 2.10. The Balaban J connectivity index is 2.34. The lowest BCUT2D eigenvalue weighted by Gasteiger charge is -2.12. The molecule has 1 aromatic carbocycles. The Morgan fingerprint density at radius 1 is 1.37 bits per heavy atom. The molecule has 100 valence electrons. The molecule has 0 unspecified atom stereocenters. The number of benzene rings is 1. The minimum Gasteiger partial charge on any atom is -0.438 e. The van der Waals surface area contributed by atoms with Crippen LogP contribution in [0.15, 0.2) is 30.5 Å². The summed E-state index contributed by atoms with van der Waals surface area (Å²) in [5.41, 5.74) is 1.59. The molecule has 2 rings (SSSR count). The standard InChI is InChI=1S/C14H14ClFN2O/c1-9-3-4-11(15)6-13(9)19-14-10(7-17-2)5-12(16)8-18-14/h3-6,8,17H,7H2,1-2H3. The van der Waals surface area contributed by atoms with Crippen molar-refractivity contribution in [3.8, 4) is 11.6 Å². The van der Waals surface area contributed by atoms with Crippen LogP contribution in [0.2, 0.25) is 5.02 Å². The van der Waals surface area contributed by atoms with Crippen LogP contribution in [0, 0.1) is 12.7 Å². The van der Waals surface area contributed by atoms with Crippen molar-refractivity contribution in [2.45, 2.75) is 13.5 Å². The summed E-state index contributed by atoms with van der Waals surface area (Å²) in [7, 11) is 1.78. The molecule has 0 amide bonds. The summed E-state index contributed by atoms with van der Waals surface area (Å²) in [6.45, 7) is 2.38. The fraction of sp³-hybridized carbons (Fsp3) is 0.214. The first-order valence-electron chi connectivity index (χ1n) is 5.83. The third-order valence-corrected chi connectivity index (χ3v) is 2.85. The maximum absolute atomic E-state index is 13.2. The molecule has 19 heavy (non-hydrogen) atoms. The summed E-state index contributed by atoms with van der Waals surface area (Å²) in [4.78, 5) is 3.98. The molecule has 2 aromatic rings. The third kappa shape index (κ3) is 3.43. The molecule has 0 spiro atoms. The van der Waals surface area contributed by atoms with Gasteiger partial charge in [0.25, 0.3) is 0 Å². The topological polar surface area (TPSA) is 34.2 Å². The first-order chi connectivity index (χ1) is 9.10. The average molecular weight is 281 g/mol. The first kappa shape index (κ1) is 13.8. The van der Waals surface area contributed by atoms with Crippen molar-refractivity contribution >= 4 is 11.6 Å². The van der Waals surface area contributed by atoms with Gasteiger partial charge in [0.15, 0.2) is 0 Å². The lowest BCUT2D eigenvalue weighted by molar-refractivity contribution is 0.447. The fourth-order valence-electron chi connectivity index (χ4n) is 1.67. The summed E-state index contributed by atoms with van der Waals surface area (Å²) in [5, 5.41) is 3.53. The number of aryl methyl sites for hydroxylation is 1. The van der Waals surface area contributed by atoms with E-state index >= 15 is 0 Å². The molecule has 1 aromatic heterocycles. The molecular weight excluding hydrogens is 267 g/mol. The van der Waals surface area contributed by atoms with Crippen LogP contribution in [0.4, 0.5) is 4.39 Å². The van der Waals surface area contributed by atoms with Crippen molar-refractivity contribution in [3.63, 3.8) is 0 Å². The summed E-state index contributed by atoms with van der Waals surface area (Å²) in [6.07, 6.45) is 1.13. The number of hydrogen-bond acceptors (Lipinski definition) is 3. The Labute approximate surface area is 116 Å². The quantitative estimate of drug-likeness (QED) is 0.927. The van der Waals surface area contributed by atoms with Crippen molar-refractivity contribution < 1.29 is 9.13 Å². The molecule has 0 fully saturated rings. The van der Waals surface area contributed by atoms with Gasteiger partial charge in [-0.15, -0.1) is 0 Å². The van der Waals surface area contributed by atoms with E-state index in [1.807, 2.05) is 13.0 Å². The second kappa shape index (κ2) is 5.99. The maximum atomic E-state index is 13.2. The number of hydrogen-bond donors (Lipinski definition) is 1. The van der Waals surface area contributed by atoms with E-state index in [2.05, 4.69) is 10.3 Å². The van der Waals surface area contributed by atoms with Gasteiger partial charge in [-0.2, -0.15) is 0 Å². The van der Waals surface area contributed by atoms with Crippen molar-refractivity contribution in [1.82, 2.24) is 10.3 Å². The Bertz CT molecular complexity index is 590. The van der Waals surface area contributed by atoms with E-state index in [1.54, 1.807) is 19.2 Å². The molecule has 1 N–H and O–H groups in total. The smallest absolute Gasteiger partial charge is 0.223 e. The normalized spacial score (nSPS) is 10.5. The lowest BCUT2D eigenvalue weighted by atomic mass is 10.2. The van der Waals surface area contributed by atoms with Crippen LogP contribution in [0.25, 0.3) is 0 Å². The molecule has 5 heteroatoms. The zero-order chi connectivity index (χ0) is 13.8. The van der Waals surface area contributed by atoms with Gasteiger partial charge in [0.2, 0.25) is 5.88 Å². The maximum Gasteiger partial charge on any atom is 0.223 e. The number of aromatic nitrogens is 1. The lowest BCUT2D eigenvalue weighted by Crippen LogP contribution is -2.08. The highest BCUT2D eigenvalue weighted by Crippen LogP contribution is 2.28. The number of pyridine rings is 1. The van der Waals surface area contributed by atoms with Gasteiger partial charge in [0.05, 0.1) is 6.20 Å². The Kier molecular flexibility index (Phi) is 4.35. The van der Waals surface area contributed by atoms with Gasteiger partial charge >= 0.3 is 0 Å². The van der Waals surface area contributed by atoms with Gasteiger partial charge in [-0.25, -0.2) is 9.37 Å². The predicted octanol–water partition coefficient (Wildman–Crippen LogP) is 3.69. The Hall–Kier alpha value is -1.65. The molecule has 0 aliphatic heterocycles. The van der Waals surface area contributed by atoms with Crippen molar-refractivity contribution in [3.05, 3.63) is 52.4 Å². The number of nitrogens with one attached hydrogen (secondary N) is 1. The molecule has 3 nitrogen and oxygen atoms in total. The van der Waals surface area contributed by atoms with E-state index in [9.17, 15) is 4.39 Å². The molecule has 0 aliphatic rings. The van der Waals surface area contributed by atoms with Gasteiger partial charge < -0.3 is 10.1 Å². The SMILES string of the molecule is CNCc1cc(F)cnc1Oc1cc(Cl)ccc1C. The van der Waals surface area contributed by atoms with E-state index < -0.39 is 0 Å². The van der Waals surface area contributed by atoms with E-state index in [4.69, 9.17) is 16.3 Å². The van der Waals surface area contributed by atoms with Gasteiger partial charge in [-0.1, -0.05) is 17.7 Å². The minimum absolute atomic E-state index is 0.376. The van der Waals surface area contributed by atoms with Crippen molar-refractivity contribution in [2.75, 3.05) is 7.05 Å². The number of nitrogens with zero attached hydrogens (tertiary/aromatic N) is 1. The third-order valence-electron chi connectivity index (χ3n) is 2.62. The zero-order valence-electron chi connectivity index (χ0n) is 10.7. The monoisotopic (exact) mass is 280 g/mol. The molecule has 0 atom stereocenters. The van der Waals surface area contributed by atoms with Crippen LogP contribution in [-0.4, -0.2) is 12.0 Å². The van der Waals surface area contributed by atoms with Crippen LogP contribution in [0.5, 0.6) is 11.6 Å². The van der Waals surface area contributed by atoms with Gasteiger partial charge in [0, 0.05) is 17.1 Å². The van der Waals surface area contributed by atoms with E-state index in [0.717, 1.165) is 11.8 Å². The van der Waals surface area contributed by atoms with Gasteiger partial charge in [-0.3, -0.25) is 0 Å². The van der Waals surface area contributed by atoms with Crippen molar-refractivity contribution in [2.24, 2.45) is 0 Å². The zero-order valence-corrected chi connectivity index (χ0v) is 11.5. The summed E-state index contributed by atoms with van der Waals surface area (Å²) in [6, 6.07) is 6.76. The van der Waals surface area contributed by atoms with Crippen LogP contribution in [0.3, 0.4) is 0 Å². The van der Waals surface area contributed by atoms with Gasteiger partial charge in [0.1, 0.15) is 11.6 Å². The van der Waals surface area contributed by atoms with Crippen LogP contribution >= 0.6 is 11.6 Å². The molecular formula is C14H14ClFN2O. The second-order valence-electron chi connectivity index (χ2n) is 4.16. The summed E-state index contributed by atoms with van der Waals surface area (Å²) < 4.78 is 18.9. The highest BCUT2D eigenvalue weighted by atomic mass is 35.5. The number of ether oxygens (including phenoxy) is 1. The predicted molar refractivity (Wildman–Crippen MR) is 73.2 cm³/mol. The molecule has 0 aliphatic carbocycles. The van der Waals surface area contributed by atoms with Crippen LogP contribution in [-0.2, 0) is 6.54 Å². The largest absolute Gasteiger partial charge is 0.438 e. The van der Waals surface area contributed by atoms with Crippen molar-refractivity contribution in [1.29, 1.82) is 0 Å². The molecule has 0 bridgehead atoms. The Morgan fingerprint density at radius 2 is 2.16 bits per heavy atom. The molecule has 1 heterocycles. The molecule has 0 saturated carbocycles. The number of rotatable bonds is 4. The minimum atomic E-state index is -0.389. The fourth-order valence-corrected chi connectivity index (χ4v) is 1.83. The average Bonchev–Trinajstić information content (AvgIpc) is 2.37. The van der Waals surface area contributed by atoms with E-state index in [0.29, 0.717) is 28.8 Å². The molecule has 0 saturated heterocycles. The number of halogens is 2. The van der Waals surface area contributed by atoms with E-state index in [-0.39, 0.29) is 5.82 Å². The van der Waals surface area contributed by atoms with Crippen LogP contribution in [0.1, 0.15) is 11.1 Å². The molecule has 0 radical (unpaired) electrons. The second-order valence-corrected chi connectivity index (χ2v) is 4.60. The summed E-state index contributed by atoms with van der Waals surface area (Å²) >= 11 is 5.94. The van der Waals surface area contributed by atoms with E-state index in [1.165, 1.54) is 6.07 Å². The van der Waals surface area contributed by atoms with Gasteiger partial charge in [-0.05, 0) is 37.7 Å². The van der Waals surface area contributed by atoms with Crippen LogP contribution < -0.4 is 10.1 Å². The first-order valence-corrected chi connectivity index (χ1v) is 6.21.